The molecule has 0 amide bonds. The van der Waals surface area contributed by atoms with Crippen LogP contribution in [0.5, 0.6) is 0 Å². The molecular formula is C54H44B2N4Se. The zero-order chi connectivity index (χ0) is 41.1. The third-order valence-corrected chi connectivity index (χ3v) is 17.9. The van der Waals surface area contributed by atoms with Crippen LogP contribution in [0.2, 0.25) is 0 Å². The van der Waals surface area contributed by atoms with E-state index >= 15 is 0 Å². The number of benzene rings is 7. The second kappa shape index (κ2) is 12.2. The molecule has 0 unspecified atom stereocenters. The maximum absolute atomic E-state index is 2.77. The van der Waals surface area contributed by atoms with Crippen LogP contribution in [0.25, 0.3) is 0 Å². The summed E-state index contributed by atoms with van der Waals surface area (Å²) in [7, 11) is 0. The van der Waals surface area contributed by atoms with Crippen molar-refractivity contribution >= 4 is 129 Å². The van der Waals surface area contributed by atoms with Gasteiger partial charge in [0.05, 0.1) is 0 Å². The van der Waals surface area contributed by atoms with Crippen LogP contribution in [0, 0.1) is 0 Å². The van der Waals surface area contributed by atoms with Crippen LogP contribution >= 0.6 is 0 Å². The second-order valence-electron chi connectivity index (χ2n) is 19.3. The van der Waals surface area contributed by atoms with Crippen LogP contribution in [0.4, 0.5) is 68.2 Å². The molecule has 5 aliphatic heterocycles. The van der Waals surface area contributed by atoms with Gasteiger partial charge in [0, 0.05) is 0 Å². The number of nitrogens with zero attached hydrogens (tertiary/aromatic N) is 4. The van der Waals surface area contributed by atoms with Crippen LogP contribution in [0.1, 0.15) is 50.4 Å². The van der Waals surface area contributed by atoms with Gasteiger partial charge in [0.2, 0.25) is 0 Å². The first-order valence-electron chi connectivity index (χ1n) is 21.7. The van der Waals surface area contributed by atoms with Crippen molar-refractivity contribution in [3.8, 4) is 0 Å². The average molecular weight is 850 g/mol. The number of para-hydroxylation sites is 4. The first-order chi connectivity index (χ1) is 29.6. The average Bonchev–Trinajstić information content (AvgIpc) is 3.70. The maximum atomic E-state index is 2.77. The summed E-state index contributed by atoms with van der Waals surface area (Å²) in [4.78, 5) is 10.6. The van der Waals surface area contributed by atoms with Crippen LogP contribution in [-0.2, 0) is 10.8 Å². The molecule has 7 aromatic carbocycles. The van der Waals surface area contributed by atoms with Crippen molar-refractivity contribution < 1.29 is 0 Å². The molecule has 0 spiro atoms. The van der Waals surface area contributed by atoms with Gasteiger partial charge in [-0.05, 0) is 0 Å². The van der Waals surface area contributed by atoms with E-state index in [9.17, 15) is 0 Å². The molecule has 0 saturated heterocycles. The van der Waals surface area contributed by atoms with E-state index in [-0.39, 0.29) is 38.8 Å². The molecule has 7 heteroatoms. The number of fused-ring (bicyclic) bond motifs is 11. The second-order valence-corrected chi connectivity index (χ2v) is 21.5. The van der Waals surface area contributed by atoms with Crippen molar-refractivity contribution in [2.75, 3.05) is 19.6 Å². The summed E-state index contributed by atoms with van der Waals surface area (Å²) < 4.78 is 3.13. The van der Waals surface area contributed by atoms with Gasteiger partial charge in [-0.15, -0.1) is 0 Å². The third-order valence-electron chi connectivity index (χ3n) is 13.6. The molecule has 0 radical (unpaired) electrons. The first kappa shape index (κ1) is 35.6. The van der Waals surface area contributed by atoms with E-state index in [1.54, 1.807) is 8.87 Å². The van der Waals surface area contributed by atoms with Crippen molar-refractivity contribution in [1.29, 1.82) is 0 Å². The molecule has 0 aliphatic carbocycles. The van der Waals surface area contributed by atoms with E-state index in [2.05, 4.69) is 219 Å². The standard InChI is InChI=1S/C54H44B2N4Se/c1-53(2,3)51-49-50(52(61-51)54(4,5)6)60-44-30-18-28-42-46(44)56(36-24-14-16-26-40(36)58(42)34-21-11-8-12-22-34)38-32-31-37-47(48(38)60)59(49)43-29-17-27-41-45(43)55(37)35-23-13-15-25-39(35)57(41)33-19-9-7-10-20-33/h7-32H,1-6H3. The van der Waals surface area contributed by atoms with E-state index in [1.165, 1.54) is 101 Å². The number of hydrogen-bond acceptors (Lipinski definition) is 4. The summed E-state index contributed by atoms with van der Waals surface area (Å²) in [5.41, 5.74) is 23.7. The van der Waals surface area contributed by atoms with Gasteiger partial charge in [-0.3, -0.25) is 0 Å². The molecule has 0 atom stereocenters. The van der Waals surface area contributed by atoms with Gasteiger partial charge in [0.25, 0.3) is 0 Å². The molecule has 292 valence electrons. The molecule has 0 bridgehead atoms. The van der Waals surface area contributed by atoms with Gasteiger partial charge in [0.15, 0.2) is 0 Å². The number of hydrogen-bond donors (Lipinski definition) is 0. The number of rotatable bonds is 2. The molecule has 1 aromatic heterocycles. The minimum absolute atomic E-state index is 0.0469. The van der Waals surface area contributed by atoms with Crippen LogP contribution in [0.15, 0.2) is 158 Å². The third kappa shape index (κ3) is 4.63. The van der Waals surface area contributed by atoms with Gasteiger partial charge in [-0.2, -0.15) is 0 Å². The molecule has 61 heavy (non-hydrogen) atoms. The Labute approximate surface area is 365 Å². The molecule has 13 rings (SSSR count). The van der Waals surface area contributed by atoms with Crippen LogP contribution in [-0.4, -0.2) is 27.9 Å². The predicted octanol–water partition coefficient (Wildman–Crippen LogP) is 9.82. The molecule has 0 N–H and O–H groups in total. The molecule has 0 saturated carbocycles. The Balaban J connectivity index is 1.18. The van der Waals surface area contributed by atoms with Crippen molar-refractivity contribution in [1.82, 2.24) is 0 Å². The summed E-state index contributed by atoms with van der Waals surface area (Å²) >= 11 is 0.131. The van der Waals surface area contributed by atoms with Crippen molar-refractivity contribution in [3.63, 3.8) is 0 Å². The molecule has 4 nitrogen and oxygen atoms in total. The molecule has 8 aromatic rings. The number of anilines is 12. The minimum atomic E-state index is -0.0469. The summed E-state index contributed by atoms with van der Waals surface area (Å²) in [6.07, 6.45) is 0. The van der Waals surface area contributed by atoms with Gasteiger partial charge in [-0.25, -0.2) is 0 Å². The molecular weight excluding hydrogens is 805 g/mol. The molecule has 6 heterocycles. The summed E-state index contributed by atoms with van der Waals surface area (Å²) in [6.45, 7) is 14.8. The fourth-order valence-corrected chi connectivity index (χ4v) is 14.3. The summed E-state index contributed by atoms with van der Waals surface area (Å²) in [6, 6.07) is 59.5. The normalized spacial score (nSPS) is 14.9. The Hall–Kier alpha value is -6.13. The quantitative estimate of drug-likeness (QED) is 0.161. The van der Waals surface area contributed by atoms with Crippen molar-refractivity contribution in [2.24, 2.45) is 0 Å². The fraction of sp³-hybridized carbons (Fsp3) is 0.148. The van der Waals surface area contributed by atoms with Gasteiger partial charge in [0.1, 0.15) is 0 Å². The topological polar surface area (TPSA) is 13.0 Å². The van der Waals surface area contributed by atoms with Gasteiger partial charge < -0.3 is 0 Å². The Morgan fingerprint density at radius 3 is 1.07 bits per heavy atom. The SMILES string of the molecule is CC(C)(C)c1[se]c(C(C)(C)C)c2c1N1c3cccc4c3B(c3ccccc3N4c3ccccc3)c3ccc4c(c31)N2c1cccc2c1B4c1ccccc1N2c1ccccc1. The van der Waals surface area contributed by atoms with E-state index < -0.39 is 0 Å². The fourth-order valence-electron chi connectivity index (χ4n) is 11.3. The zero-order valence-corrected chi connectivity index (χ0v) is 37.1. The van der Waals surface area contributed by atoms with Gasteiger partial charge in [-0.1, -0.05) is 0 Å². The first-order valence-corrected chi connectivity index (χ1v) is 23.4. The van der Waals surface area contributed by atoms with Crippen LogP contribution in [0.3, 0.4) is 0 Å². The Morgan fingerprint density at radius 2 is 0.672 bits per heavy atom. The van der Waals surface area contributed by atoms with E-state index in [0.29, 0.717) is 0 Å². The predicted molar refractivity (Wildman–Crippen MR) is 262 cm³/mol. The van der Waals surface area contributed by atoms with Crippen LogP contribution < -0.4 is 52.4 Å². The molecule has 5 aliphatic rings. The van der Waals surface area contributed by atoms with E-state index in [1.807, 2.05) is 0 Å². The van der Waals surface area contributed by atoms with E-state index in [0.717, 1.165) is 0 Å². The van der Waals surface area contributed by atoms with Crippen molar-refractivity contribution in [3.05, 3.63) is 167 Å². The Bertz CT molecular complexity index is 2950. The zero-order valence-electron chi connectivity index (χ0n) is 35.4. The summed E-state index contributed by atoms with van der Waals surface area (Å²) in [5.74, 6) is 0. The Morgan fingerprint density at radius 1 is 0.328 bits per heavy atom. The Kier molecular flexibility index (Phi) is 7.15. The van der Waals surface area contributed by atoms with Gasteiger partial charge >= 0.3 is 368 Å². The monoisotopic (exact) mass is 850 g/mol. The van der Waals surface area contributed by atoms with Crippen molar-refractivity contribution in [2.45, 2.75) is 52.4 Å². The van der Waals surface area contributed by atoms with E-state index in [4.69, 9.17) is 0 Å². The molecule has 0 fully saturated rings. The summed E-state index contributed by atoms with van der Waals surface area (Å²) in [5, 5.41) is 0.